The highest BCUT2D eigenvalue weighted by Gasteiger charge is 2.29. The van der Waals surface area contributed by atoms with Crippen LogP contribution in [0.25, 0.3) is 11.1 Å². The van der Waals surface area contributed by atoms with E-state index in [4.69, 9.17) is 33.2 Å². The highest BCUT2D eigenvalue weighted by molar-refractivity contribution is 5.94. The Hall–Kier alpha value is -4.67. The van der Waals surface area contributed by atoms with E-state index in [-0.39, 0.29) is 47.2 Å². The summed E-state index contributed by atoms with van der Waals surface area (Å²) in [6.07, 6.45) is -0.754. The molecule has 0 fully saturated rings. The van der Waals surface area contributed by atoms with Crippen LogP contribution in [0.2, 0.25) is 0 Å². The molecule has 0 radical (unpaired) electrons. The van der Waals surface area contributed by atoms with E-state index >= 15 is 0 Å². The highest BCUT2D eigenvalue weighted by atomic mass is 16.7. The van der Waals surface area contributed by atoms with E-state index in [0.717, 1.165) is 0 Å². The Morgan fingerprint density at radius 2 is 1.25 bits per heavy atom. The van der Waals surface area contributed by atoms with E-state index in [1.165, 1.54) is 45.4 Å². The first-order valence-electron chi connectivity index (χ1n) is 11.9. The standard InChI is InChI=1S/C30H30O10/c1-16(2)27(31)36-20-9-10-21(23(11-20)37-28(32)18(5)14-34-7)22-12-25-26(40-30(39-25)17(3)4)13-24(22)38-29(33)19(6)15-35-8/h9-13,30H,1,3,5-6,14-15H2,2,4,7-8H3. The zero-order valence-electron chi connectivity index (χ0n) is 22.8. The lowest BCUT2D eigenvalue weighted by molar-refractivity contribution is -0.131. The maximum absolute atomic E-state index is 12.8. The molecule has 3 rings (SSSR count). The summed E-state index contributed by atoms with van der Waals surface area (Å²) in [5, 5.41) is 0. The van der Waals surface area contributed by atoms with Gasteiger partial charge in [0.15, 0.2) is 11.5 Å². The molecule has 210 valence electrons. The average Bonchev–Trinajstić information content (AvgIpc) is 3.32. The number of ether oxygens (including phenoxy) is 7. The summed E-state index contributed by atoms with van der Waals surface area (Å²) in [4.78, 5) is 37.7. The third-order valence-corrected chi connectivity index (χ3v) is 5.34. The van der Waals surface area contributed by atoms with Gasteiger partial charge in [0.05, 0.1) is 24.4 Å². The second kappa shape index (κ2) is 12.9. The fourth-order valence-corrected chi connectivity index (χ4v) is 3.35. The molecule has 1 atom stereocenters. The summed E-state index contributed by atoms with van der Waals surface area (Å²) in [6.45, 7) is 17.9. The van der Waals surface area contributed by atoms with Gasteiger partial charge in [-0.15, -0.1) is 0 Å². The van der Waals surface area contributed by atoms with Crippen LogP contribution in [-0.4, -0.2) is 51.6 Å². The number of hydrogen-bond donors (Lipinski definition) is 0. The smallest absolute Gasteiger partial charge is 0.341 e. The van der Waals surface area contributed by atoms with E-state index in [1.807, 2.05) is 0 Å². The third-order valence-electron chi connectivity index (χ3n) is 5.34. The Bertz CT molecular complexity index is 1400. The van der Waals surface area contributed by atoms with E-state index in [9.17, 15) is 14.4 Å². The van der Waals surface area contributed by atoms with Crippen LogP contribution in [0.3, 0.4) is 0 Å². The Labute approximate surface area is 232 Å². The topological polar surface area (TPSA) is 116 Å². The Morgan fingerprint density at radius 3 is 1.75 bits per heavy atom. The summed E-state index contributed by atoms with van der Waals surface area (Å²) in [7, 11) is 2.83. The number of methoxy groups -OCH3 is 2. The molecule has 1 heterocycles. The van der Waals surface area contributed by atoms with Gasteiger partial charge in [-0.1, -0.05) is 26.3 Å². The zero-order chi connectivity index (χ0) is 29.6. The van der Waals surface area contributed by atoms with Crippen LogP contribution < -0.4 is 23.7 Å². The minimum Gasteiger partial charge on any atom is -0.447 e. The van der Waals surface area contributed by atoms with Crippen molar-refractivity contribution in [2.75, 3.05) is 27.4 Å². The van der Waals surface area contributed by atoms with Crippen LogP contribution in [0.5, 0.6) is 28.7 Å². The second-order valence-electron chi connectivity index (χ2n) is 8.89. The maximum Gasteiger partial charge on any atom is 0.341 e. The van der Waals surface area contributed by atoms with Gasteiger partial charge in [0.1, 0.15) is 17.2 Å². The number of esters is 3. The molecule has 0 aliphatic carbocycles. The molecule has 0 saturated carbocycles. The molecule has 0 bridgehead atoms. The number of benzene rings is 2. The van der Waals surface area contributed by atoms with Gasteiger partial charge in [0.2, 0.25) is 0 Å². The van der Waals surface area contributed by atoms with Crippen molar-refractivity contribution in [1.82, 2.24) is 0 Å². The van der Waals surface area contributed by atoms with E-state index in [2.05, 4.69) is 26.3 Å². The summed E-state index contributed by atoms with van der Waals surface area (Å²) in [5.74, 6) is -1.49. The average molecular weight is 551 g/mol. The van der Waals surface area contributed by atoms with Crippen LogP contribution in [0.1, 0.15) is 13.8 Å². The number of carbonyl (C=O) groups excluding carboxylic acids is 3. The molecule has 0 aromatic heterocycles. The van der Waals surface area contributed by atoms with Crippen LogP contribution in [0, 0.1) is 0 Å². The van der Waals surface area contributed by atoms with Crippen molar-refractivity contribution in [1.29, 1.82) is 0 Å². The molecule has 1 unspecified atom stereocenters. The minimum atomic E-state index is -0.790. The number of hydrogen-bond acceptors (Lipinski definition) is 10. The number of rotatable bonds is 12. The minimum absolute atomic E-state index is 0.0300. The molecule has 0 saturated heterocycles. The molecule has 1 aliphatic rings. The Balaban J connectivity index is 2.16. The van der Waals surface area contributed by atoms with E-state index in [0.29, 0.717) is 28.2 Å². The van der Waals surface area contributed by atoms with Crippen LogP contribution in [0.15, 0.2) is 78.9 Å². The largest absolute Gasteiger partial charge is 0.447 e. The van der Waals surface area contributed by atoms with Gasteiger partial charge in [0.25, 0.3) is 6.29 Å². The van der Waals surface area contributed by atoms with Gasteiger partial charge in [0, 0.05) is 43.1 Å². The summed E-state index contributed by atoms with van der Waals surface area (Å²) < 4.78 is 38.2. The molecule has 1 aliphatic heterocycles. The summed E-state index contributed by atoms with van der Waals surface area (Å²) >= 11 is 0. The van der Waals surface area contributed by atoms with Gasteiger partial charge in [-0.25, -0.2) is 14.4 Å². The van der Waals surface area contributed by atoms with Gasteiger partial charge < -0.3 is 33.2 Å². The lowest BCUT2D eigenvalue weighted by Gasteiger charge is -2.16. The van der Waals surface area contributed by atoms with Crippen molar-refractivity contribution in [3.05, 3.63) is 78.9 Å². The molecule has 40 heavy (non-hydrogen) atoms. The first-order valence-corrected chi connectivity index (χ1v) is 11.9. The Kier molecular flexibility index (Phi) is 9.65. The third kappa shape index (κ3) is 7.04. The molecule has 0 amide bonds. The molecular weight excluding hydrogens is 520 g/mol. The van der Waals surface area contributed by atoms with Crippen molar-refractivity contribution >= 4 is 17.9 Å². The van der Waals surface area contributed by atoms with Crippen molar-refractivity contribution in [3.63, 3.8) is 0 Å². The molecular formula is C30H30O10. The quantitative estimate of drug-likeness (QED) is 0.159. The van der Waals surface area contributed by atoms with Crippen molar-refractivity contribution in [3.8, 4) is 39.9 Å². The summed E-state index contributed by atoms with van der Waals surface area (Å²) in [5.41, 5.74) is 1.47. The van der Waals surface area contributed by atoms with Gasteiger partial charge in [-0.3, -0.25) is 0 Å². The Morgan fingerprint density at radius 1 is 0.725 bits per heavy atom. The molecule has 2 aromatic rings. The van der Waals surface area contributed by atoms with E-state index in [1.54, 1.807) is 13.0 Å². The van der Waals surface area contributed by atoms with Crippen molar-refractivity contribution in [2.24, 2.45) is 0 Å². The van der Waals surface area contributed by atoms with Crippen LogP contribution in [-0.2, 0) is 23.9 Å². The fraction of sp³-hybridized carbons (Fsp3) is 0.233. The maximum atomic E-state index is 12.8. The summed E-state index contributed by atoms with van der Waals surface area (Å²) in [6, 6.07) is 7.38. The zero-order valence-corrected chi connectivity index (χ0v) is 22.8. The first-order chi connectivity index (χ1) is 18.9. The van der Waals surface area contributed by atoms with Crippen molar-refractivity contribution in [2.45, 2.75) is 20.1 Å². The van der Waals surface area contributed by atoms with Gasteiger partial charge in [-0.2, -0.15) is 0 Å². The van der Waals surface area contributed by atoms with Crippen LogP contribution >= 0.6 is 0 Å². The molecule has 0 N–H and O–H groups in total. The van der Waals surface area contributed by atoms with Gasteiger partial charge in [-0.05, 0) is 37.6 Å². The second-order valence-corrected chi connectivity index (χ2v) is 8.89. The molecule has 10 heteroatoms. The molecule has 2 aromatic carbocycles. The fourth-order valence-electron chi connectivity index (χ4n) is 3.35. The molecule has 10 nitrogen and oxygen atoms in total. The number of fused-ring (bicyclic) bond motifs is 1. The first kappa shape index (κ1) is 29.9. The highest BCUT2D eigenvalue weighted by Crippen LogP contribution is 2.47. The predicted molar refractivity (Wildman–Crippen MR) is 145 cm³/mol. The molecule has 0 spiro atoms. The number of carbonyl (C=O) groups is 3. The monoisotopic (exact) mass is 550 g/mol. The lowest BCUT2D eigenvalue weighted by atomic mass is 10.0. The van der Waals surface area contributed by atoms with Crippen LogP contribution in [0.4, 0.5) is 0 Å². The lowest BCUT2D eigenvalue weighted by Crippen LogP contribution is -2.18. The van der Waals surface area contributed by atoms with Crippen molar-refractivity contribution < 1.29 is 47.5 Å². The van der Waals surface area contributed by atoms with Gasteiger partial charge >= 0.3 is 17.9 Å². The SMILES string of the molecule is C=C(C)C(=O)Oc1ccc(-c2cc3c(cc2OC(=O)C(=C)COC)OC(C(=C)C)O3)c(OC(=O)C(=C)COC)c1. The van der Waals surface area contributed by atoms with E-state index < -0.39 is 24.2 Å². The normalized spacial score (nSPS) is 13.2. The predicted octanol–water partition coefficient (Wildman–Crippen LogP) is 4.72.